The van der Waals surface area contributed by atoms with Gasteiger partial charge in [-0.3, -0.25) is 0 Å². The zero-order chi connectivity index (χ0) is 12.1. The van der Waals surface area contributed by atoms with E-state index in [0.717, 1.165) is 11.5 Å². The Morgan fingerprint density at radius 2 is 2.25 bits per heavy atom. The summed E-state index contributed by atoms with van der Waals surface area (Å²) in [5, 5.41) is 13.8. The molecule has 0 saturated carbocycles. The van der Waals surface area contributed by atoms with Crippen LogP contribution < -0.4 is 0 Å². The number of carbonyl (C=O) groups is 2. The highest BCUT2D eigenvalue weighted by Crippen LogP contribution is 2.11. The van der Waals surface area contributed by atoms with Gasteiger partial charge in [0.05, 0.1) is 0 Å². The van der Waals surface area contributed by atoms with Crippen molar-refractivity contribution in [2.45, 2.75) is 26.4 Å². The first-order valence-electron chi connectivity index (χ1n) is 4.71. The first kappa shape index (κ1) is 12.6. The van der Waals surface area contributed by atoms with Crippen molar-refractivity contribution in [1.82, 2.24) is 9.59 Å². The third kappa shape index (κ3) is 3.58. The Bertz CT molecular complexity index is 364. The van der Waals surface area contributed by atoms with Crippen molar-refractivity contribution in [2.75, 3.05) is 0 Å². The zero-order valence-electron chi connectivity index (χ0n) is 8.91. The van der Waals surface area contributed by atoms with Gasteiger partial charge < -0.3 is 9.84 Å². The molecule has 0 aromatic carbocycles. The number of carboxylic acid groups (broad SMARTS) is 1. The Hall–Kier alpha value is -1.50. The summed E-state index contributed by atoms with van der Waals surface area (Å²) in [7, 11) is 0. The Labute approximate surface area is 96.4 Å². The van der Waals surface area contributed by atoms with Gasteiger partial charge in [-0.25, -0.2) is 9.59 Å². The number of ether oxygens (including phenoxy) is 1. The van der Waals surface area contributed by atoms with Crippen LogP contribution in [0, 0.1) is 5.92 Å². The topological polar surface area (TPSA) is 89.4 Å². The summed E-state index contributed by atoms with van der Waals surface area (Å²) < 4.78 is 8.33. The standard InChI is InChI=1S/C9H12N2O4S/c1-5(2)3-7(8(12)13)15-9(14)6-4-16-11-10-6/h4-5,7H,3H2,1-2H3,(H,12,13)/t7-/m1/s1. The minimum absolute atomic E-state index is 0.0417. The second-order valence-corrected chi connectivity index (χ2v) is 4.26. The molecule has 1 N–H and O–H groups in total. The summed E-state index contributed by atoms with van der Waals surface area (Å²) in [4.78, 5) is 22.3. The number of hydrogen-bond acceptors (Lipinski definition) is 6. The highest BCUT2D eigenvalue weighted by Gasteiger charge is 2.24. The number of carboxylic acids is 1. The number of esters is 1. The van der Waals surface area contributed by atoms with Crippen LogP contribution >= 0.6 is 11.5 Å². The lowest BCUT2D eigenvalue weighted by Crippen LogP contribution is -2.28. The molecule has 0 aliphatic carbocycles. The average Bonchev–Trinajstić information content (AvgIpc) is 2.68. The zero-order valence-corrected chi connectivity index (χ0v) is 9.73. The van der Waals surface area contributed by atoms with Crippen molar-refractivity contribution < 1.29 is 19.4 Å². The van der Waals surface area contributed by atoms with Gasteiger partial charge in [0.15, 0.2) is 11.8 Å². The molecule has 0 saturated heterocycles. The van der Waals surface area contributed by atoms with Crippen LogP contribution in [0.4, 0.5) is 0 Å². The van der Waals surface area contributed by atoms with Crippen LogP contribution in [0.2, 0.25) is 0 Å². The molecule has 0 radical (unpaired) electrons. The number of nitrogens with zero attached hydrogens (tertiary/aromatic N) is 2. The molecule has 1 heterocycles. The number of rotatable bonds is 5. The van der Waals surface area contributed by atoms with E-state index in [1.807, 2.05) is 13.8 Å². The van der Waals surface area contributed by atoms with Crippen LogP contribution in [0.25, 0.3) is 0 Å². The maximum absolute atomic E-state index is 11.4. The van der Waals surface area contributed by atoms with E-state index in [1.54, 1.807) is 0 Å². The molecule has 16 heavy (non-hydrogen) atoms. The molecular weight excluding hydrogens is 232 g/mol. The third-order valence-corrected chi connectivity index (χ3v) is 2.28. The Kier molecular flexibility index (Phi) is 4.36. The van der Waals surface area contributed by atoms with Crippen LogP contribution in [0.1, 0.15) is 30.8 Å². The SMILES string of the molecule is CC(C)C[C@@H](OC(=O)c1csnn1)C(=O)O. The van der Waals surface area contributed by atoms with E-state index in [-0.39, 0.29) is 18.0 Å². The highest BCUT2D eigenvalue weighted by molar-refractivity contribution is 7.03. The van der Waals surface area contributed by atoms with Crippen molar-refractivity contribution >= 4 is 23.5 Å². The van der Waals surface area contributed by atoms with Crippen LogP contribution in [0.5, 0.6) is 0 Å². The van der Waals surface area contributed by atoms with Crippen molar-refractivity contribution in [2.24, 2.45) is 5.92 Å². The molecule has 0 spiro atoms. The summed E-state index contributed by atoms with van der Waals surface area (Å²) >= 11 is 1.01. The normalized spacial score (nSPS) is 12.4. The largest absolute Gasteiger partial charge is 0.479 e. The molecule has 0 aliphatic heterocycles. The van der Waals surface area contributed by atoms with E-state index in [9.17, 15) is 9.59 Å². The van der Waals surface area contributed by atoms with Gasteiger partial charge in [-0.15, -0.1) is 5.10 Å². The second kappa shape index (κ2) is 5.55. The Morgan fingerprint density at radius 1 is 1.56 bits per heavy atom. The molecule has 6 nitrogen and oxygen atoms in total. The van der Waals surface area contributed by atoms with Crippen LogP contribution in [-0.4, -0.2) is 32.7 Å². The monoisotopic (exact) mass is 244 g/mol. The van der Waals surface area contributed by atoms with Gasteiger partial charge in [0.1, 0.15) is 0 Å². The molecule has 0 amide bonds. The van der Waals surface area contributed by atoms with E-state index in [0.29, 0.717) is 0 Å². The lowest BCUT2D eigenvalue weighted by atomic mass is 10.1. The first-order chi connectivity index (χ1) is 7.50. The predicted octanol–water partition coefficient (Wildman–Crippen LogP) is 1.19. The fraction of sp³-hybridized carbons (Fsp3) is 0.556. The van der Waals surface area contributed by atoms with E-state index >= 15 is 0 Å². The molecular formula is C9H12N2O4S. The predicted molar refractivity (Wildman–Crippen MR) is 56.2 cm³/mol. The number of aromatic nitrogens is 2. The van der Waals surface area contributed by atoms with E-state index in [4.69, 9.17) is 9.84 Å². The first-order valence-corrected chi connectivity index (χ1v) is 5.55. The Morgan fingerprint density at radius 3 is 2.69 bits per heavy atom. The van der Waals surface area contributed by atoms with Gasteiger partial charge in [0.2, 0.25) is 0 Å². The maximum Gasteiger partial charge on any atom is 0.360 e. The van der Waals surface area contributed by atoms with Crippen molar-refractivity contribution in [3.05, 3.63) is 11.1 Å². The van der Waals surface area contributed by atoms with Gasteiger partial charge in [0.25, 0.3) is 0 Å². The molecule has 0 bridgehead atoms. The summed E-state index contributed by atoms with van der Waals surface area (Å²) in [6, 6.07) is 0. The van der Waals surface area contributed by atoms with E-state index < -0.39 is 18.0 Å². The molecule has 88 valence electrons. The van der Waals surface area contributed by atoms with Gasteiger partial charge in [-0.1, -0.05) is 18.3 Å². The molecule has 1 atom stereocenters. The van der Waals surface area contributed by atoms with Gasteiger partial charge in [0, 0.05) is 5.38 Å². The summed E-state index contributed by atoms with van der Waals surface area (Å²) in [6.45, 7) is 3.71. The van der Waals surface area contributed by atoms with Crippen LogP contribution in [-0.2, 0) is 9.53 Å². The minimum atomic E-state index is -1.15. The second-order valence-electron chi connectivity index (χ2n) is 3.65. The van der Waals surface area contributed by atoms with Crippen molar-refractivity contribution in [3.8, 4) is 0 Å². The number of hydrogen-bond donors (Lipinski definition) is 1. The molecule has 7 heteroatoms. The molecule has 1 aromatic rings. The molecule has 0 aliphatic rings. The van der Waals surface area contributed by atoms with Gasteiger partial charge in [-0.2, -0.15) is 0 Å². The maximum atomic E-state index is 11.4. The fourth-order valence-electron chi connectivity index (χ4n) is 1.07. The summed E-state index contributed by atoms with van der Waals surface area (Å²) in [6.07, 6.45) is -0.854. The number of carbonyl (C=O) groups excluding carboxylic acids is 1. The quantitative estimate of drug-likeness (QED) is 0.782. The van der Waals surface area contributed by atoms with Crippen molar-refractivity contribution in [1.29, 1.82) is 0 Å². The smallest absolute Gasteiger partial charge is 0.360 e. The fourth-order valence-corrected chi connectivity index (χ4v) is 1.50. The third-order valence-electron chi connectivity index (χ3n) is 1.78. The Balaban J connectivity index is 2.62. The average molecular weight is 244 g/mol. The summed E-state index contributed by atoms with van der Waals surface area (Å²) in [5.74, 6) is -1.77. The van der Waals surface area contributed by atoms with Gasteiger partial charge >= 0.3 is 11.9 Å². The van der Waals surface area contributed by atoms with E-state index in [1.165, 1.54) is 5.38 Å². The lowest BCUT2D eigenvalue weighted by molar-refractivity contribution is -0.148. The number of aliphatic carboxylic acids is 1. The van der Waals surface area contributed by atoms with Crippen LogP contribution in [0.15, 0.2) is 5.38 Å². The van der Waals surface area contributed by atoms with Crippen molar-refractivity contribution in [3.63, 3.8) is 0 Å². The van der Waals surface area contributed by atoms with E-state index in [2.05, 4.69) is 9.59 Å². The molecule has 1 rings (SSSR count). The van der Waals surface area contributed by atoms with Crippen LogP contribution in [0.3, 0.4) is 0 Å². The lowest BCUT2D eigenvalue weighted by Gasteiger charge is -2.14. The molecule has 1 aromatic heterocycles. The highest BCUT2D eigenvalue weighted by atomic mass is 32.1. The minimum Gasteiger partial charge on any atom is -0.479 e. The summed E-state index contributed by atoms with van der Waals surface area (Å²) in [5.41, 5.74) is 0.0417. The van der Waals surface area contributed by atoms with Gasteiger partial charge in [-0.05, 0) is 23.9 Å². The molecule has 0 fully saturated rings. The molecule has 0 unspecified atom stereocenters.